The summed E-state index contributed by atoms with van der Waals surface area (Å²) in [5, 5.41) is 8.54. The van der Waals surface area contributed by atoms with Crippen LogP contribution in [0.1, 0.15) is 10.4 Å². The Balaban J connectivity index is 3.35. The highest BCUT2D eigenvalue weighted by molar-refractivity contribution is 5.84. The fourth-order valence-corrected chi connectivity index (χ4v) is 1.20. The summed E-state index contributed by atoms with van der Waals surface area (Å²) in [5.41, 5.74) is 0.0695. The third-order valence-corrected chi connectivity index (χ3v) is 1.85. The number of methoxy groups -OCH3 is 2. The smallest absolute Gasteiger partial charge is 0.493 e. The Hall–Kier alpha value is -2.24. The van der Waals surface area contributed by atoms with E-state index in [1.54, 1.807) is 0 Å². The van der Waals surface area contributed by atoms with Gasteiger partial charge in [-0.05, 0) is 12.1 Å². The molecule has 0 aromatic heterocycles. The molecular formula is C10H10O6. The van der Waals surface area contributed by atoms with Gasteiger partial charge in [0.2, 0.25) is 5.75 Å². The van der Waals surface area contributed by atoms with Gasteiger partial charge in [-0.2, -0.15) is 0 Å². The van der Waals surface area contributed by atoms with Gasteiger partial charge in [0.25, 0.3) is 0 Å². The minimum Gasteiger partial charge on any atom is -0.493 e. The summed E-state index contributed by atoms with van der Waals surface area (Å²) in [6.07, 6.45) is -1.06. The van der Waals surface area contributed by atoms with Crippen molar-refractivity contribution in [2.45, 2.75) is 0 Å². The van der Waals surface area contributed by atoms with E-state index in [9.17, 15) is 9.59 Å². The molecule has 6 heteroatoms. The molecule has 0 unspecified atom stereocenters. The predicted molar refractivity (Wildman–Crippen MR) is 53.6 cm³/mol. The Bertz CT molecular complexity index is 412. The molecule has 0 aliphatic carbocycles. The quantitative estimate of drug-likeness (QED) is 0.476. The van der Waals surface area contributed by atoms with E-state index in [1.807, 2.05) is 0 Å². The molecule has 1 N–H and O–H groups in total. The Labute approximate surface area is 91.3 Å². The van der Waals surface area contributed by atoms with Gasteiger partial charge in [-0.25, -0.2) is 4.79 Å². The van der Waals surface area contributed by atoms with E-state index < -0.39 is 6.16 Å². The average Bonchev–Trinajstić information content (AvgIpc) is 2.27. The summed E-state index contributed by atoms with van der Waals surface area (Å²) in [6.45, 7) is 0. The molecule has 0 fully saturated rings. The highest BCUT2D eigenvalue weighted by Gasteiger charge is 2.18. The molecule has 0 aliphatic rings. The monoisotopic (exact) mass is 226 g/mol. The van der Waals surface area contributed by atoms with Crippen molar-refractivity contribution in [2.24, 2.45) is 0 Å². The van der Waals surface area contributed by atoms with Gasteiger partial charge >= 0.3 is 6.16 Å². The maximum atomic E-state index is 10.7. The maximum Gasteiger partial charge on any atom is 0.511 e. The van der Waals surface area contributed by atoms with Crippen LogP contribution in [0.4, 0.5) is 4.79 Å². The molecule has 0 amide bonds. The fourth-order valence-electron chi connectivity index (χ4n) is 1.20. The lowest BCUT2D eigenvalue weighted by molar-refractivity contribution is 0.111. The molecule has 1 aromatic rings. The summed E-state index contributed by atoms with van der Waals surface area (Å²) in [4.78, 5) is 21.2. The van der Waals surface area contributed by atoms with E-state index in [1.165, 1.54) is 26.4 Å². The Morgan fingerprint density at radius 2 is 1.94 bits per heavy atom. The second-order valence-electron chi connectivity index (χ2n) is 2.71. The summed E-state index contributed by atoms with van der Waals surface area (Å²) in [7, 11) is 2.71. The average molecular weight is 226 g/mol. The second kappa shape index (κ2) is 5.01. The first-order valence-corrected chi connectivity index (χ1v) is 4.25. The molecule has 0 spiro atoms. The van der Waals surface area contributed by atoms with Crippen LogP contribution in [0.3, 0.4) is 0 Å². The van der Waals surface area contributed by atoms with Gasteiger partial charge in [0.1, 0.15) is 0 Å². The van der Waals surface area contributed by atoms with Gasteiger partial charge in [-0.3, -0.25) is 4.79 Å². The van der Waals surface area contributed by atoms with Crippen LogP contribution in [0.5, 0.6) is 17.2 Å². The molecule has 0 saturated heterocycles. The molecule has 0 heterocycles. The third-order valence-electron chi connectivity index (χ3n) is 1.85. The molecule has 6 nitrogen and oxygen atoms in total. The largest absolute Gasteiger partial charge is 0.511 e. The number of benzene rings is 1. The predicted octanol–water partition coefficient (Wildman–Crippen LogP) is 1.57. The molecule has 0 aliphatic heterocycles. The van der Waals surface area contributed by atoms with Crippen molar-refractivity contribution in [1.29, 1.82) is 0 Å². The lowest BCUT2D eigenvalue weighted by Gasteiger charge is -2.12. The molecule has 1 rings (SSSR count). The first-order valence-electron chi connectivity index (χ1n) is 4.25. The molecule has 0 radical (unpaired) electrons. The fraction of sp³-hybridized carbons (Fsp3) is 0.200. The minimum absolute atomic E-state index is 0.0644. The zero-order valence-corrected chi connectivity index (χ0v) is 8.72. The Kier molecular flexibility index (Phi) is 3.71. The van der Waals surface area contributed by atoms with E-state index in [-0.39, 0.29) is 22.8 Å². The molecule has 0 bridgehead atoms. The van der Waals surface area contributed by atoms with Gasteiger partial charge in [0.15, 0.2) is 17.8 Å². The van der Waals surface area contributed by atoms with Crippen LogP contribution < -0.4 is 14.2 Å². The lowest BCUT2D eigenvalue weighted by atomic mass is 10.2. The van der Waals surface area contributed by atoms with Crippen molar-refractivity contribution in [1.82, 2.24) is 0 Å². The van der Waals surface area contributed by atoms with Crippen LogP contribution in [0.15, 0.2) is 12.1 Å². The van der Waals surface area contributed by atoms with Crippen LogP contribution in [-0.2, 0) is 0 Å². The van der Waals surface area contributed by atoms with E-state index in [4.69, 9.17) is 14.6 Å². The van der Waals surface area contributed by atoms with E-state index in [0.717, 1.165) is 0 Å². The molecule has 0 saturated carbocycles. The number of ether oxygens (including phenoxy) is 3. The summed E-state index contributed by atoms with van der Waals surface area (Å²) < 4.78 is 14.4. The molecule has 1 aromatic carbocycles. The van der Waals surface area contributed by atoms with E-state index in [0.29, 0.717) is 6.29 Å². The highest BCUT2D eigenvalue weighted by atomic mass is 16.7. The minimum atomic E-state index is -1.53. The second-order valence-corrected chi connectivity index (χ2v) is 2.71. The first kappa shape index (κ1) is 11.8. The summed E-state index contributed by atoms with van der Waals surface area (Å²) in [5.74, 6) is 0.170. The highest BCUT2D eigenvalue weighted by Crippen LogP contribution is 2.39. The summed E-state index contributed by atoms with van der Waals surface area (Å²) >= 11 is 0. The lowest BCUT2D eigenvalue weighted by Crippen LogP contribution is -2.07. The number of aldehydes is 1. The van der Waals surface area contributed by atoms with Crippen LogP contribution in [0.2, 0.25) is 0 Å². The number of rotatable bonds is 4. The first-order chi connectivity index (χ1) is 7.63. The van der Waals surface area contributed by atoms with Crippen molar-refractivity contribution in [3.05, 3.63) is 17.7 Å². The van der Waals surface area contributed by atoms with Crippen molar-refractivity contribution in [3.8, 4) is 17.2 Å². The maximum absolute atomic E-state index is 10.7. The van der Waals surface area contributed by atoms with Gasteiger partial charge in [0.05, 0.1) is 19.8 Å². The SMILES string of the molecule is COc1ccc(C=O)c(OC(=O)O)c1OC. The van der Waals surface area contributed by atoms with E-state index >= 15 is 0 Å². The normalized spacial score (nSPS) is 9.38. The van der Waals surface area contributed by atoms with Crippen molar-refractivity contribution in [3.63, 3.8) is 0 Å². The van der Waals surface area contributed by atoms with Crippen molar-refractivity contribution < 1.29 is 28.9 Å². The van der Waals surface area contributed by atoms with Gasteiger partial charge in [0, 0.05) is 0 Å². The van der Waals surface area contributed by atoms with E-state index in [2.05, 4.69) is 4.74 Å². The molecule has 16 heavy (non-hydrogen) atoms. The van der Waals surface area contributed by atoms with Crippen molar-refractivity contribution in [2.75, 3.05) is 14.2 Å². The standard InChI is InChI=1S/C10H10O6/c1-14-7-4-3-6(5-11)8(9(7)15-2)16-10(12)13/h3-5H,1-2H3,(H,12,13). The molecular weight excluding hydrogens is 216 g/mol. The number of carboxylic acid groups (broad SMARTS) is 1. The van der Waals surface area contributed by atoms with Crippen molar-refractivity contribution >= 4 is 12.4 Å². The number of carbonyl (C=O) groups excluding carboxylic acids is 1. The zero-order valence-electron chi connectivity index (χ0n) is 8.72. The van der Waals surface area contributed by atoms with Crippen LogP contribution in [-0.4, -0.2) is 31.8 Å². The van der Waals surface area contributed by atoms with Gasteiger partial charge in [-0.15, -0.1) is 0 Å². The van der Waals surface area contributed by atoms with Gasteiger partial charge in [-0.1, -0.05) is 0 Å². The molecule has 86 valence electrons. The topological polar surface area (TPSA) is 82.1 Å². The number of carbonyl (C=O) groups is 2. The Morgan fingerprint density at radius 1 is 1.25 bits per heavy atom. The summed E-state index contributed by atoms with van der Waals surface area (Å²) in [6, 6.07) is 2.86. The third kappa shape index (κ3) is 2.22. The van der Waals surface area contributed by atoms with Gasteiger partial charge < -0.3 is 19.3 Å². The number of hydrogen-bond acceptors (Lipinski definition) is 5. The number of hydrogen-bond donors (Lipinski definition) is 1. The van der Waals surface area contributed by atoms with Crippen LogP contribution >= 0.6 is 0 Å². The Morgan fingerprint density at radius 3 is 2.38 bits per heavy atom. The zero-order chi connectivity index (χ0) is 12.1. The van der Waals surface area contributed by atoms with Crippen LogP contribution in [0, 0.1) is 0 Å². The van der Waals surface area contributed by atoms with Crippen LogP contribution in [0.25, 0.3) is 0 Å². The molecule has 0 atom stereocenters.